The summed E-state index contributed by atoms with van der Waals surface area (Å²) in [4.78, 5) is 40.1. The SMILES string of the molecule is C[C@@H]1CN(c2cc(N3CCN(CC4=C(C56CC(C(C)(C)C(F)(F)F)(C5)C6)CC(C)(C)CC4)CC3)ccc2C(=O)NS(=O)(=O)c2ccc(NCC3CCOCC3)c([N+](=O)[O-])c2)c2cc3cc[nH]c3nc2O1. The van der Waals surface area contributed by atoms with Crippen molar-refractivity contribution in [2.24, 2.45) is 27.6 Å². The number of allylic oxidation sites excluding steroid dienone is 1. The summed E-state index contributed by atoms with van der Waals surface area (Å²) in [6, 6.07) is 12.7. The lowest BCUT2D eigenvalue weighted by atomic mass is 9.26. The van der Waals surface area contributed by atoms with Gasteiger partial charge in [0.1, 0.15) is 23.1 Å². The predicted molar refractivity (Wildman–Crippen MR) is 261 cm³/mol. The monoisotopic (exact) mass is 988 g/mol. The molecule has 11 rings (SSSR count). The zero-order valence-electron chi connectivity index (χ0n) is 40.5. The van der Waals surface area contributed by atoms with Crippen LogP contribution in [0.2, 0.25) is 0 Å². The molecule has 3 saturated carbocycles. The number of nitro benzene ring substituents is 1. The molecule has 3 aliphatic heterocycles. The summed E-state index contributed by atoms with van der Waals surface area (Å²) in [5.41, 5.74) is 2.71. The van der Waals surface area contributed by atoms with Crippen LogP contribution in [0.3, 0.4) is 0 Å². The summed E-state index contributed by atoms with van der Waals surface area (Å²) < 4.78 is 84.4. The van der Waals surface area contributed by atoms with E-state index in [1.165, 1.54) is 37.1 Å². The summed E-state index contributed by atoms with van der Waals surface area (Å²) in [7, 11) is -4.61. The lowest BCUT2D eigenvalue weighted by Crippen LogP contribution is -2.71. The smallest absolute Gasteiger partial charge is 0.394 e. The molecule has 7 aliphatic rings. The maximum Gasteiger partial charge on any atom is 0.394 e. The Hall–Kier alpha value is -5.40. The van der Waals surface area contributed by atoms with Crippen LogP contribution in [0, 0.1) is 37.7 Å². The second-order valence-corrected chi connectivity index (χ2v) is 23.9. The van der Waals surface area contributed by atoms with E-state index in [2.05, 4.69) is 38.7 Å². The maximum absolute atomic E-state index is 14.4. The molecule has 376 valence electrons. The lowest BCUT2D eigenvalue weighted by Gasteiger charge is -2.77. The number of benzene rings is 2. The number of carbonyl (C=O) groups is 1. The molecule has 1 atom stereocenters. The number of carbonyl (C=O) groups excluding carboxylic acids is 1. The number of sulfonamides is 1. The van der Waals surface area contributed by atoms with Crippen LogP contribution in [0.25, 0.3) is 11.0 Å². The molecule has 2 bridgehead atoms. The average molecular weight is 989 g/mol. The van der Waals surface area contributed by atoms with Gasteiger partial charge in [0.15, 0.2) is 0 Å². The van der Waals surface area contributed by atoms with Gasteiger partial charge in [0.05, 0.1) is 33.0 Å². The van der Waals surface area contributed by atoms with Crippen LogP contribution in [0.4, 0.5) is 41.6 Å². The number of piperazine rings is 1. The van der Waals surface area contributed by atoms with Gasteiger partial charge in [-0.15, -0.1) is 0 Å². The first-order valence-electron chi connectivity index (χ1n) is 24.6. The first-order chi connectivity index (χ1) is 33.1. The van der Waals surface area contributed by atoms with E-state index in [-0.39, 0.29) is 34.1 Å². The standard InChI is InChI=1S/C51H63F3N8O7S/c1-32-27-61(43-22-34-11-15-55-44(34)57-46(43)69-32)41-23-36(6-8-38(41)45(63)58-70(66,67)37-7-9-40(42(24-37)62(64)65)56-26-33-12-20-68-21-13-33)60-18-16-59(17-19-60)28-35-10-14-47(2,3)25-39(35)49-29-50(30-49,31-49)48(4,5)51(52,53)54/h6-9,11,15,22-24,32-33,56H,10,12-14,16-21,25-31H2,1-5H3,(H,55,57)(H,58,63)/t32-,49?,50?/m1/s1. The highest BCUT2D eigenvalue weighted by atomic mass is 32.2. The number of aromatic nitrogens is 2. The molecule has 4 aromatic rings. The third-order valence-corrected chi connectivity index (χ3v) is 18.0. The van der Waals surface area contributed by atoms with Gasteiger partial charge in [0.2, 0.25) is 5.88 Å². The van der Waals surface area contributed by atoms with E-state index in [1.807, 2.05) is 36.1 Å². The summed E-state index contributed by atoms with van der Waals surface area (Å²) in [5, 5.41) is 16.2. The number of aromatic amines is 1. The van der Waals surface area contributed by atoms with Crippen LogP contribution in [-0.4, -0.2) is 105 Å². The molecular formula is C51H63F3N8O7S. The van der Waals surface area contributed by atoms with E-state index in [0.717, 1.165) is 68.9 Å². The van der Waals surface area contributed by atoms with E-state index >= 15 is 0 Å². The molecule has 1 amide bonds. The number of nitrogens with zero attached hydrogens (tertiary/aromatic N) is 5. The summed E-state index contributed by atoms with van der Waals surface area (Å²) in [5.74, 6) is -0.311. The Morgan fingerprint density at radius 3 is 2.43 bits per heavy atom. The summed E-state index contributed by atoms with van der Waals surface area (Å²) in [6.45, 7) is 14.8. The molecule has 0 unspecified atom stereocenters. The topological polar surface area (TPSA) is 175 Å². The highest BCUT2D eigenvalue weighted by Gasteiger charge is 2.78. The van der Waals surface area contributed by atoms with Gasteiger partial charge >= 0.3 is 6.18 Å². The molecule has 19 heteroatoms. The molecule has 0 radical (unpaired) electrons. The van der Waals surface area contributed by atoms with E-state index in [4.69, 9.17) is 14.5 Å². The Morgan fingerprint density at radius 2 is 1.73 bits per heavy atom. The molecule has 4 aliphatic carbocycles. The van der Waals surface area contributed by atoms with Crippen molar-refractivity contribution in [3.05, 3.63) is 81.6 Å². The number of pyridine rings is 1. The Morgan fingerprint density at radius 1 is 1.00 bits per heavy atom. The van der Waals surface area contributed by atoms with E-state index in [0.29, 0.717) is 81.6 Å². The lowest BCUT2D eigenvalue weighted by molar-refractivity contribution is -0.384. The van der Waals surface area contributed by atoms with E-state index in [9.17, 15) is 36.5 Å². The van der Waals surface area contributed by atoms with Crippen molar-refractivity contribution in [3.63, 3.8) is 0 Å². The average Bonchev–Trinajstić information content (AvgIpc) is 3.74. The van der Waals surface area contributed by atoms with Gasteiger partial charge in [-0.2, -0.15) is 18.2 Å². The maximum atomic E-state index is 14.4. The minimum absolute atomic E-state index is 0.0677. The molecule has 70 heavy (non-hydrogen) atoms. The molecule has 5 fully saturated rings. The first-order valence-corrected chi connectivity index (χ1v) is 26.0. The number of halogens is 3. The first kappa shape index (κ1) is 48.2. The Balaban J connectivity index is 0.900. The van der Waals surface area contributed by atoms with E-state index in [1.54, 1.807) is 12.3 Å². The fraction of sp³-hybridized carbons (Fsp3) is 0.569. The molecule has 2 aromatic heterocycles. The number of ether oxygens (including phenoxy) is 2. The third-order valence-electron chi connectivity index (χ3n) is 16.7. The van der Waals surface area contributed by atoms with Gasteiger partial charge in [-0.05, 0) is 123 Å². The molecule has 2 saturated heterocycles. The van der Waals surface area contributed by atoms with Crippen molar-refractivity contribution in [3.8, 4) is 5.88 Å². The minimum atomic E-state index is -4.61. The van der Waals surface area contributed by atoms with Crippen molar-refractivity contribution in [1.29, 1.82) is 0 Å². The molecule has 2 aromatic carbocycles. The number of nitrogens with one attached hydrogen (secondary N) is 3. The van der Waals surface area contributed by atoms with Gasteiger partial charge in [-0.25, -0.2) is 13.1 Å². The fourth-order valence-electron chi connectivity index (χ4n) is 12.2. The zero-order chi connectivity index (χ0) is 49.6. The van der Waals surface area contributed by atoms with Gasteiger partial charge < -0.3 is 29.6 Å². The van der Waals surface area contributed by atoms with Gasteiger partial charge in [0, 0.05) is 75.8 Å². The summed E-state index contributed by atoms with van der Waals surface area (Å²) in [6.07, 6.45) is 3.53. The molecule has 0 spiro atoms. The van der Waals surface area contributed by atoms with Gasteiger partial charge in [0.25, 0.3) is 21.6 Å². The molecule has 3 N–H and O–H groups in total. The Labute approximate surface area is 406 Å². The van der Waals surface area contributed by atoms with Crippen LogP contribution in [0.15, 0.2) is 70.8 Å². The number of hydrogen-bond acceptors (Lipinski definition) is 12. The van der Waals surface area contributed by atoms with Gasteiger partial charge in [-0.3, -0.25) is 19.8 Å². The number of hydrogen-bond donors (Lipinski definition) is 3. The Kier molecular flexibility index (Phi) is 12.0. The predicted octanol–water partition coefficient (Wildman–Crippen LogP) is 9.73. The van der Waals surface area contributed by atoms with E-state index < -0.39 is 48.4 Å². The normalized spacial score (nSPS) is 25.2. The zero-order valence-corrected chi connectivity index (χ0v) is 41.3. The fourth-order valence-corrected chi connectivity index (χ4v) is 13.2. The second kappa shape index (κ2) is 17.4. The molecule has 15 nitrogen and oxygen atoms in total. The van der Waals surface area contributed by atoms with Crippen molar-refractivity contribution in [1.82, 2.24) is 19.6 Å². The van der Waals surface area contributed by atoms with Crippen molar-refractivity contribution in [2.45, 2.75) is 103 Å². The quantitative estimate of drug-likeness (QED) is 0.0658. The molecule has 5 heterocycles. The number of amides is 1. The van der Waals surface area contributed by atoms with Crippen molar-refractivity contribution >= 4 is 55.4 Å². The number of nitro groups is 1. The third kappa shape index (κ3) is 8.66. The molecular weight excluding hydrogens is 926 g/mol. The van der Waals surface area contributed by atoms with Crippen LogP contribution in [-0.2, 0) is 14.8 Å². The number of H-pyrrole nitrogens is 1. The second-order valence-electron chi connectivity index (χ2n) is 22.2. The number of anilines is 4. The Bertz CT molecular complexity index is 2850. The number of alkyl halides is 3. The minimum Gasteiger partial charge on any atom is -0.471 e. The van der Waals surface area contributed by atoms with Crippen LogP contribution >= 0.6 is 0 Å². The van der Waals surface area contributed by atoms with Crippen molar-refractivity contribution < 1.29 is 40.8 Å². The van der Waals surface area contributed by atoms with Gasteiger partial charge in [-0.1, -0.05) is 38.8 Å². The van der Waals surface area contributed by atoms with Crippen LogP contribution in [0.5, 0.6) is 5.88 Å². The van der Waals surface area contributed by atoms with Crippen molar-refractivity contribution in [2.75, 3.05) is 74.1 Å². The summed E-state index contributed by atoms with van der Waals surface area (Å²) >= 11 is 0. The highest BCUT2D eigenvalue weighted by molar-refractivity contribution is 7.90. The highest BCUT2D eigenvalue weighted by Crippen LogP contribution is 2.84. The van der Waals surface area contributed by atoms with Crippen LogP contribution in [0.1, 0.15) is 96.3 Å². The number of rotatable bonds is 13. The number of fused-ring (bicyclic) bond motifs is 2. The van der Waals surface area contributed by atoms with Crippen LogP contribution < -0.4 is 24.6 Å². The largest absolute Gasteiger partial charge is 0.471 e.